The van der Waals surface area contributed by atoms with E-state index >= 15 is 0 Å². The van der Waals surface area contributed by atoms with Crippen molar-refractivity contribution in [1.29, 1.82) is 0 Å². The number of methoxy groups -OCH3 is 1. The maximum absolute atomic E-state index is 12.2. The number of carboxylic acids is 1. The van der Waals surface area contributed by atoms with Crippen LogP contribution in [0.25, 0.3) is 0 Å². The van der Waals surface area contributed by atoms with Crippen molar-refractivity contribution in [1.82, 2.24) is 10.2 Å². The van der Waals surface area contributed by atoms with E-state index < -0.39 is 12.0 Å². The predicted molar refractivity (Wildman–Crippen MR) is 70.9 cm³/mol. The number of hydrogen-bond acceptors (Lipinski definition) is 3. The van der Waals surface area contributed by atoms with Gasteiger partial charge < -0.3 is 20.1 Å². The SMILES string of the molecule is COCC(NC(=O)N1CCC(C)C1C(=O)O)C(C)C. The molecule has 0 aliphatic carbocycles. The summed E-state index contributed by atoms with van der Waals surface area (Å²) >= 11 is 0. The molecular formula is C13H24N2O4. The lowest BCUT2D eigenvalue weighted by atomic mass is 10.0. The van der Waals surface area contributed by atoms with Crippen LogP contribution in [-0.4, -0.2) is 54.4 Å². The summed E-state index contributed by atoms with van der Waals surface area (Å²) in [6.07, 6.45) is 0.723. The van der Waals surface area contributed by atoms with Gasteiger partial charge in [-0.15, -0.1) is 0 Å². The van der Waals surface area contributed by atoms with E-state index in [1.54, 1.807) is 7.11 Å². The van der Waals surface area contributed by atoms with Gasteiger partial charge in [-0.2, -0.15) is 0 Å². The van der Waals surface area contributed by atoms with Gasteiger partial charge in [0.1, 0.15) is 6.04 Å². The van der Waals surface area contributed by atoms with Crippen molar-refractivity contribution in [3.05, 3.63) is 0 Å². The molecule has 19 heavy (non-hydrogen) atoms. The third-order valence-electron chi connectivity index (χ3n) is 3.67. The number of carboxylic acid groups (broad SMARTS) is 1. The Morgan fingerprint density at radius 2 is 2.11 bits per heavy atom. The Morgan fingerprint density at radius 3 is 2.58 bits per heavy atom. The second kappa shape index (κ2) is 6.75. The summed E-state index contributed by atoms with van der Waals surface area (Å²) in [6.45, 7) is 6.75. The molecule has 2 amide bonds. The summed E-state index contributed by atoms with van der Waals surface area (Å²) in [6, 6.07) is -1.15. The summed E-state index contributed by atoms with van der Waals surface area (Å²) in [5.74, 6) is -0.719. The molecule has 0 spiro atoms. The van der Waals surface area contributed by atoms with E-state index in [1.165, 1.54) is 4.90 Å². The molecule has 1 aliphatic heterocycles. The highest BCUT2D eigenvalue weighted by Gasteiger charge is 2.40. The van der Waals surface area contributed by atoms with E-state index in [9.17, 15) is 14.7 Å². The molecule has 0 saturated carbocycles. The average molecular weight is 272 g/mol. The van der Waals surface area contributed by atoms with E-state index in [1.807, 2.05) is 20.8 Å². The molecule has 1 rings (SSSR count). The van der Waals surface area contributed by atoms with Gasteiger partial charge in [-0.1, -0.05) is 20.8 Å². The Morgan fingerprint density at radius 1 is 1.47 bits per heavy atom. The minimum Gasteiger partial charge on any atom is -0.480 e. The van der Waals surface area contributed by atoms with Crippen LogP contribution in [0.3, 0.4) is 0 Å². The lowest BCUT2D eigenvalue weighted by molar-refractivity contribution is -0.142. The number of nitrogens with zero attached hydrogens (tertiary/aromatic N) is 1. The summed E-state index contributed by atoms with van der Waals surface area (Å²) in [7, 11) is 1.58. The van der Waals surface area contributed by atoms with Crippen LogP contribution in [0.1, 0.15) is 27.2 Å². The van der Waals surface area contributed by atoms with Crippen molar-refractivity contribution in [3.8, 4) is 0 Å². The number of ether oxygens (including phenoxy) is 1. The first-order valence-electron chi connectivity index (χ1n) is 6.67. The van der Waals surface area contributed by atoms with E-state index in [2.05, 4.69) is 5.32 Å². The number of carbonyl (C=O) groups is 2. The molecule has 0 radical (unpaired) electrons. The molecule has 6 heteroatoms. The first-order chi connectivity index (χ1) is 8.88. The van der Waals surface area contributed by atoms with Gasteiger partial charge >= 0.3 is 12.0 Å². The molecule has 0 aromatic heterocycles. The van der Waals surface area contributed by atoms with Gasteiger partial charge in [0.2, 0.25) is 0 Å². The standard InChI is InChI=1S/C13H24N2O4/c1-8(2)10(7-19-4)14-13(18)15-6-5-9(3)11(15)12(16)17/h8-11H,5-7H2,1-4H3,(H,14,18)(H,16,17). The Bertz CT molecular complexity index is 333. The van der Waals surface area contributed by atoms with Crippen LogP contribution in [0, 0.1) is 11.8 Å². The summed E-state index contributed by atoms with van der Waals surface area (Å²) in [5, 5.41) is 12.1. The largest absolute Gasteiger partial charge is 0.480 e. The summed E-state index contributed by atoms with van der Waals surface area (Å²) in [5.41, 5.74) is 0. The maximum atomic E-state index is 12.2. The lowest BCUT2D eigenvalue weighted by Crippen LogP contribution is -2.52. The number of urea groups is 1. The number of carbonyl (C=O) groups excluding carboxylic acids is 1. The van der Waals surface area contributed by atoms with Crippen LogP contribution in [0.5, 0.6) is 0 Å². The molecule has 3 unspecified atom stereocenters. The average Bonchev–Trinajstić information content (AvgIpc) is 2.70. The van der Waals surface area contributed by atoms with Crippen molar-refractivity contribution >= 4 is 12.0 Å². The van der Waals surface area contributed by atoms with E-state index in [0.29, 0.717) is 13.2 Å². The number of aliphatic carboxylic acids is 1. The highest BCUT2D eigenvalue weighted by Crippen LogP contribution is 2.24. The fourth-order valence-electron chi connectivity index (χ4n) is 2.37. The monoisotopic (exact) mass is 272 g/mol. The predicted octanol–water partition coefficient (Wildman–Crippen LogP) is 1.16. The Kier molecular flexibility index (Phi) is 5.60. The van der Waals surface area contributed by atoms with Crippen molar-refractivity contribution < 1.29 is 19.4 Å². The second-order valence-electron chi connectivity index (χ2n) is 5.50. The van der Waals surface area contributed by atoms with Gasteiger partial charge in [0.25, 0.3) is 0 Å². The van der Waals surface area contributed by atoms with Gasteiger partial charge in [0.15, 0.2) is 0 Å². The van der Waals surface area contributed by atoms with Gasteiger partial charge in [-0.25, -0.2) is 9.59 Å². The Hall–Kier alpha value is -1.30. The second-order valence-corrected chi connectivity index (χ2v) is 5.50. The van der Waals surface area contributed by atoms with Crippen molar-refractivity contribution in [2.24, 2.45) is 11.8 Å². The molecule has 1 aliphatic rings. The van der Waals surface area contributed by atoms with Crippen LogP contribution in [0.2, 0.25) is 0 Å². The van der Waals surface area contributed by atoms with Crippen molar-refractivity contribution in [3.63, 3.8) is 0 Å². The van der Waals surface area contributed by atoms with E-state index in [0.717, 1.165) is 6.42 Å². The smallest absolute Gasteiger partial charge is 0.326 e. The zero-order valence-electron chi connectivity index (χ0n) is 12.0. The summed E-state index contributed by atoms with van der Waals surface area (Å²) in [4.78, 5) is 24.8. The molecular weight excluding hydrogens is 248 g/mol. The van der Waals surface area contributed by atoms with Crippen LogP contribution in [-0.2, 0) is 9.53 Å². The number of likely N-dealkylation sites (tertiary alicyclic amines) is 1. The number of nitrogens with one attached hydrogen (secondary N) is 1. The zero-order chi connectivity index (χ0) is 14.6. The first kappa shape index (κ1) is 15.8. The third kappa shape index (κ3) is 3.83. The van der Waals surface area contributed by atoms with Crippen LogP contribution < -0.4 is 5.32 Å². The van der Waals surface area contributed by atoms with E-state index in [-0.39, 0.29) is 23.9 Å². The lowest BCUT2D eigenvalue weighted by Gasteiger charge is -2.28. The molecule has 1 saturated heterocycles. The quantitative estimate of drug-likeness (QED) is 0.787. The normalized spacial score (nSPS) is 24.6. The molecule has 0 aromatic rings. The highest BCUT2D eigenvalue weighted by molar-refractivity contribution is 5.83. The molecule has 3 atom stereocenters. The minimum atomic E-state index is -0.937. The fraction of sp³-hybridized carbons (Fsp3) is 0.846. The molecule has 6 nitrogen and oxygen atoms in total. The fourth-order valence-corrected chi connectivity index (χ4v) is 2.37. The molecule has 0 aromatic carbocycles. The maximum Gasteiger partial charge on any atom is 0.326 e. The van der Waals surface area contributed by atoms with Crippen molar-refractivity contribution in [2.45, 2.75) is 39.3 Å². The summed E-state index contributed by atoms with van der Waals surface area (Å²) < 4.78 is 5.07. The molecule has 1 heterocycles. The Balaban J connectivity index is 2.68. The van der Waals surface area contributed by atoms with E-state index in [4.69, 9.17) is 4.74 Å². The third-order valence-corrected chi connectivity index (χ3v) is 3.67. The molecule has 110 valence electrons. The van der Waals surface area contributed by atoms with Crippen LogP contribution in [0.15, 0.2) is 0 Å². The molecule has 0 bridgehead atoms. The molecule has 1 fully saturated rings. The van der Waals surface area contributed by atoms with Gasteiger partial charge in [0, 0.05) is 13.7 Å². The Labute approximate surface area is 114 Å². The van der Waals surface area contributed by atoms with Gasteiger partial charge in [0.05, 0.1) is 12.6 Å². The molecule has 2 N–H and O–H groups in total. The topological polar surface area (TPSA) is 78.9 Å². The number of amides is 2. The zero-order valence-corrected chi connectivity index (χ0v) is 12.0. The van der Waals surface area contributed by atoms with Gasteiger partial charge in [-0.3, -0.25) is 0 Å². The van der Waals surface area contributed by atoms with Crippen LogP contribution >= 0.6 is 0 Å². The van der Waals surface area contributed by atoms with Crippen LogP contribution in [0.4, 0.5) is 4.79 Å². The highest BCUT2D eigenvalue weighted by atomic mass is 16.5. The number of hydrogen-bond donors (Lipinski definition) is 2. The van der Waals surface area contributed by atoms with Crippen molar-refractivity contribution in [2.75, 3.05) is 20.3 Å². The minimum absolute atomic E-state index is 0.0109. The number of rotatable bonds is 5. The van der Waals surface area contributed by atoms with Gasteiger partial charge in [-0.05, 0) is 18.3 Å². The first-order valence-corrected chi connectivity index (χ1v) is 6.67.